The molecule has 0 atom stereocenters. The third-order valence-corrected chi connectivity index (χ3v) is 2.75. The van der Waals surface area contributed by atoms with Crippen molar-refractivity contribution in [1.82, 2.24) is 9.97 Å². The molecule has 0 spiro atoms. The van der Waals surface area contributed by atoms with E-state index >= 15 is 0 Å². The van der Waals surface area contributed by atoms with Gasteiger partial charge in [-0.2, -0.15) is 11.8 Å². The summed E-state index contributed by atoms with van der Waals surface area (Å²) < 4.78 is 1.07. The van der Waals surface area contributed by atoms with Crippen LogP contribution in [0.3, 0.4) is 0 Å². The number of anilines is 1. The fraction of sp³-hybridized carbons (Fsp3) is 0.500. The number of hydrogen-bond acceptors (Lipinski definition) is 4. The van der Waals surface area contributed by atoms with Crippen molar-refractivity contribution in [3.8, 4) is 0 Å². The van der Waals surface area contributed by atoms with Gasteiger partial charge >= 0.3 is 0 Å². The predicted octanol–water partition coefficient (Wildman–Crippen LogP) is 2.38. The fourth-order valence-corrected chi connectivity index (χ4v) is 1.74. The average molecular weight is 309 g/mol. The van der Waals surface area contributed by atoms with E-state index in [0.717, 1.165) is 27.5 Å². The molecular formula is C8H12IN3S. The molecule has 0 radical (unpaired) electrons. The lowest BCUT2D eigenvalue weighted by Crippen LogP contribution is -2.04. The maximum Gasteiger partial charge on any atom is 0.143 e. The molecule has 1 heterocycles. The molecule has 0 fully saturated rings. The van der Waals surface area contributed by atoms with Gasteiger partial charge in [0.05, 0.1) is 9.32 Å². The summed E-state index contributed by atoms with van der Waals surface area (Å²) in [4.78, 5) is 8.63. The maximum atomic E-state index is 4.40. The maximum absolute atomic E-state index is 4.40. The Balaban J connectivity index is 2.83. The van der Waals surface area contributed by atoms with Crippen molar-refractivity contribution in [1.29, 1.82) is 0 Å². The summed E-state index contributed by atoms with van der Waals surface area (Å²) in [5.41, 5.74) is 0. The van der Waals surface area contributed by atoms with Gasteiger partial charge < -0.3 is 5.32 Å². The second kappa shape index (κ2) is 5.64. The molecule has 0 bridgehead atoms. The van der Waals surface area contributed by atoms with Gasteiger partial charge in [0.15, 0.2) is 0 Å². The molecule has 0 aliphatic heterocycles. The zero-order valence-corrected chi connectivity index (χ0v) is 10.6. The van der Waals surface area contributed by atoms with Crippen LogP contribution in [0.4, 0.5) is 5.82 Å². The standard InChI is InChI=1S/C8H12IN3S/c1-3-10-8-6(9)4-11-7(12-8)5-13-2/h4H,3,5H2,1-2H3,(H,10,11,12). The smallest absolute Gasteiger partial charge is 0.143 e. The highest BCUT2D eigenvalue weighted by molar-refractivity contribution is 14.1. The summed E-state index contributed by atoms with van der Waals surface area (Å²) in [5, 5.41) is 3.21. The summed E-state index contributed by atoms with van der Waals surface area (Å²) in [6.45, 7) is 2.96. The van der Waals surface area contributed by atoms with Crippen molar-refractivity contribution in [3.05, 3.63) is 15.6 Å². The van der Waals surface area contributed by atoms with Crippen LogP contribution in [0.5, 0.6) is 0 Å². The van der Waals surface area contributed by atoms with Crippen molar-refractivity contribution in [2.24, 2.45) is 0 Å². The van der Waals surface area contributed by atoms with Gasteiger partial charge in [0, 0.05) is 12.7 Å². The molecule has 1 N–H and O–H groups in total. The molecule has 1 aromatic heterocycles. The van der Waals surface area contributed by atoms with Crippen LogP contribution in [0.25, 0.3) is 0 Å². The monoisotopic (exact) mass is 309 g/mol. The second-order valence-electron chi connectivity index (χ2n) is 2.45. The van der Waals surface area contributed by atoms with Gasteiger partial charge in [0.1, 0.15) is 11.6 Å². The minimum absolute atomic E-state index is 0.870. The zero-order chi connectivity index (χ0) is 9.68. The minimum Gasteiger partial charge on any atom is -0.369 e. The van der Waals surface area contributed by atoms with Gasteiger partial charge in [-0.05, 0) is 35.8 Å². The van der Waals surface area contributed by atoms with Gasteiger partial charge in [0.25, 0.3) is 0 Å². The second-order valence-corrected chi connectivity index (χ2v) is 4.47. The highest BCUT2D eigenvalue weighted by Gasteiger charge is 2.02. The summed E-state index contributed by atoms with van der Waals surface area (Å²) in [6.07, 6.45) is 3.91. The molecule has 3 nitrogen and oxygen atoms in total. The van der Waals surface area contributed by atoms with Crippen LogP contribution in [0.15, 0.2) is 6.20 Å². The van der Waals surface area contributed by atoms with E-state index in [2.05, 4.69) is 44.8 Å². The van der Waals surface area contributed by atoms with Gasteiger partial charge in [0.2, 0.25) is 0 Å². The van der Waals surface area contributed by atoms with Crippen LogP contribution in [0, 0.1) is 3.57 Å². The van der Waals surface area contributed by atoms with Crippen molar-refractivity contribution in [2.75, 3.05) is 18.1 Å². The quantitative estimate of drug-likeness (QED) is 0.867. The largest absolute Gasteiger partial charge is 0.369 e. The van der Waals surface area contributed by atoms with Crippen LogP contribution >= 0.6 is 34.4 Å². The summed E-state index contributed by atoms with van der Waals surface area (Å²) in [6, 6.07) is 0. The van der Waals surface area contributed by atoms with Crippen LogP contribution in [-0.4, -0.2) is 22.8 Å². The topological polar surface area (TPSA) is 37.8 Å². The molecule has 1 rings (SSSR count). The Bertz CT molecular complexity index is 280. The van der Waals surface area contributed by atoms with Gasteiger partial charge in [-0.25, -0.2) is 9.97 Å². The first kappa shape index (κ1) is 11.0. The van der Waals surface area contributed by atoms with Crippen molar-refractivity contribution in [2.45, 2.75) is 12.7 Å². The van der Waals surface area contributed by atoms with E-state index in [1.165, 1.54) is 0 Å². The number of nitrogens with zero attached hydrogens (tertiary/aromatic N) is 2. The number of aromatic nitrogens is 2. The van der Waals surface area contributed by atoms with Crippen LogP contribution < -0.4 is 5.32 Å². The third-order valence-electron chi connectivity index (χ3n) is 1.41. The molecule has 13 heavy (non-hydrogen) atoms. The molecule has 0 aromatic carbocycles. The number of hydrogen-bond donors (Lipinski definition) is 1. The van der Waals surface area contributed by atoms with Crippen molar-refractivity contribution >= 4 is 40.2 Å². The molecule has 1 aromatic rings. The summed E-state index contributed by atoms with van der Waals surface area (Å²) in [5.74, 6) is 2.71. The lowest BCUT2D eigenvalue weighted by atomic mass is 10.5. The molecule has 0 aliphatic rings. The molecule has 5 heteroatoms. The molecule has 0 unspecified atom stereocenters. The van der Waals surface area contributed by atoms with Crippen LogP contribution in [-0.2, 0) is 5.75 Å². The predicted molar refractivity (Wildman–Crippen MR) is 66.1 cm³/mol. The lowest BCUT2D eigenvalue weighted by Gasteiger charge is -2.05. The number of thioether (sulfide) groups is 1. The Hall–Kier alpha value is -0.0400. The highest BCUT2D eigenvalue weighted by atomic mass is 127. The number of halogens is 1. The van der Waals surface area contributed by atoms with Gasteiger partial charge in [-0.3, -0.25) is 0 Å². The number of nitrogens with one attached hydrogen (secondary N) is 1. The number of rotatable bonds is 4. The first-order chi connectivity index (χ1) is 6.27. The molecule has 0 amide bonds. The SMILES string of the molecule is CCNc1nc(CSC)ncc1I. The summed E-state index contributed by atoms with van der Waals surface area (Å²) in [7, 11) is 0. The molecular weight excluding hydrogens is 297 g/mol. The van der Waals surface area contributed by atoms with E-state index in [-0.39, 0.29) is 0 Å². The Kier molecular flexibility index (Phi) is 4.79. The molecule has 0 aliphatic carbocycles. The highest BCUT2D eigenvalue weighted by Crippen LogP contribution is 2.15. The Morgan fingerprint density at radius 3 is 3.00 bits per heavy atom. The Morgan fingerprint density at radius 2 is 2.38 bits per heavy atom. The van der Waals surface area contributed by atoms with E-state index in [4.69, 9.17) is 0 Å². The van der Waals surface area contributed by atoms with E-state index in [9.17, 15) is 0 Å². The average Bonchev–Trinajstić information content (AvgIpc) is 2.12. The zero-order valence-electron chi connectivity index (χ0n) is 7.67. The van der Waals surface area contributed by atoms with E-state index in [1.807, 2.05) is 12.5 Å². The van der Waals surface area contributed by atoms with Crippen molar-refractivity contribution < 1.29 is 0 Å². The van der Waals surface area contributed by atoms with Gasteiger partial charge in [-0.15, -0.1) is 0 Å². The van der Waals surface area contributed by atoms with Crippen LogP contribution in [0.1, 0.15) is 12.7 Å². The van der Waals surface area contributed by atoms with E-state index in [1.54, 1.807) is 11.8 Å². The Morgan fingerprint density at radius 1 is 1.62 bits per heavy atom. The van der Waals surface area contributed by atoms with E-state index in [0.29, 0.717) is 0 Å². The summed E-state index contributed by atoms with van der Waals surface area (Å²) >= 11 is 3.97. The van der Waals surface area contributed by atoms with E-state index < -0.39 is 0 Å². The fourth-order valence-electron chi connectivity index (χ4n) is 0.894. The first-order valence-corrected chi connectivity index (χ1v) is 6.49. The van der Waals surface area contributed by atoms with Gasteiger partial charge in [-0.1, -0.05) is 0 Å². The molecule has 0 saturated carbocycles. The normalized spacial score (nSPS) is 10.1. The van der Waals surface area contributed by atoms with Crippen LogP contribution in [0.2, 0.25) is 0 Å². The third kappa shape index (κ3) is 3.30. The van der Waals surface area contributed by atoms with Crippen molar-refractivity contribution in [3.63, 3.8) is 0 Å². The molecule has 72 valence electrons. The molecule has 0 saturated heterocycles. The minimum atomic E-state index is 0.870. The first-order valence-electron chi connectivity index (χ1n) is 4.02. The lowest BCUT2D eigenvalue weighted by molar-refractivity contribution is 1.01. The Labute approximate surface area is 96.3 Å².